The minimum Gasteiger partial charge on any atom is -0.433 e. The Morgan fingerprint density at radius 2 is 2.07 bits per heavy atom. The molecule has 1 aromatic carbocycles. The van der Waals surface area contributed by atoms with Crippen LogP contribution in [0.5, 0.6) is 5.75 Å². The number of alkyl halides is 2. The summed E-state index contributed by atoms with van der Waals surface area (Å²) in [6.07, 6.45) is 4.42. The number of para-hydroxylation sites is 2. The Hall–Kier alpha value is -1.36. The molecule has 2 aliphatic rings. The summed E-state index contributed by atoms with van der Waals surface area (Å²) < 4.78 is 35.7. The summed E-state index contributed by atoms with van der Waals surface area (Å²) in [5.74, 6) is 1.80. The molecule has 1 unspecified atom stereocenters. The molecule has 2 fully saturated rings. The van der Waals surface area contributed by atoms with Crippen LogP contribution in [0.4, 0.5) is 14.5 Å². The first kappa shape index (κ1) is 24.9. The van der Waals surface area contributed by atoms with E-state index in [-0.39, 0.29) is 35.8 Å². The van der Waals surface area contributed by atoms with Gasteiger partial charge in [0.2, 0.25) is 0 Å². The molecule has 170 valence electrons. The first-order valence-corrected chi connectivity index (χ1v) is 10.6. The van der Waals surface area contributed by atoms with Crippen LogP contribution < -0.4 is 20.3 Å². The van der Waals surface area contributed by atoms with Crippen molar-refractivity contribution < 1.29 is 18.3 Å². The quantitative estimate of drug-likeness (QED) is 0.194. The maximum absolute atomic E-state index is 12.7. The second-order valence-electron chi connectivity index (χ2n) is 7.55. The number of nitrogens with one attached hydrogen (secondary N) is 2. The number of hydrogen-bond donors (Lipinski definition) is 2. The van der Waals surface area contributed by atoms with Gasteiger partial charge in [-0.15, -0.1) is 24.0 Å². The lowest BCUT2D eigenvalue weighted by Gasteiger charge is -2.22. The Morgan fingerprint density at radius 3 is 2.80 bits per heavy atom. The van der Waals surface area contributed by atoms with Crippen LogP contribution in [0.3, 0.4) is 0 Å². The molecule has 0 bridgehead atoms. The van der Waals surface area contributed by atoms with Crippen molar-refractivity contribution in [2.75, 3.05) is 44.3 Å². The Balaban J connectivity index is 0.00000320. The largest absolute Gasteiger partial charge is 0.433 e. The van der Waals surface area contributed by atoms with Gasteiger partial charge < -0.3 is 25.0 Å². The minimum atomic E-state index is -2.83. The molecule has 2 N–H and O–H groups in total. The lowest BCUT2D eigenvalue weighted by atomic mass is 10.2. The Kier molecular flexibility index (Phi) is 10.9. The number of rotatable bonds is 11. The molecule has 1 aliphatic carbocycles. The van der Waals surface area contributed by atoms with Crippen LogP contribution >= 0.6 is 24.0 Å². The fraction of sp³-hybridized carbons (Fsp3) is 0.667. The summed E-state index contributed by atoms with van der Waals surface area (Å²) in [7, 11) is 0. The van der Waals surface area contributed by atoms with E-state index in [2.05, 4.69) is 25.3 Å². The highest BCUT2D eigenvalue weighted by atomic mass is 127. The summed E-state index contributed by atoms with van der Waals surface area (Å²) in [6.45, 7) is 3.82. The molecule has 6 nitrogen and oxygen atoms in total. The maximum Gasteiger partial charge on any atom is 0.387 e. The van der Waals surface area contributed by atoms with E-state index < -0.39 is 6.61 Å². The number of aliphatic imine (C=N–C) groups is 1. The lowest BCUT2D eigenvalue weighted by Crippen LogP contribution is -2.44. The number of hydrogen-bond acceptors (Lipinski definition) is 4. The van der Waals surface area contributed by atoms with Crippen molar-refractivity contribution in [3.8, 4) is 5.75 Å². The number of anilines is 1. The second-order valence-corrected chi connectivity index (χ2v) is 7.55. The molecular weight excluding hydrogens is 505 g/mol. The van der Waals surface area contributed by atoms with Gasteiger partial charge in [-0.2, -0.15) is 8.78 Å². The molecule has 1 aromatic rings. The van der Waals surface area contributed by atoms with Crippen LogP contribution in [0.15, 0.2) is 29.3 Å². The summed E-state index contributed by atoms with van der Waals surface area (Å²) in [5, 5.41) is 6.74. The van der Waals surface area contributed by atoms with Gasteiger partial charge in [0.05, 0.1) is 5.69 Å². The van der Waals surface area contributed by atoms with Gasteiger partial charge in [0.15, 0.2) is 5.96 Å². The van der Waals surface area contributed by atoms with Crippen molar-refractivity contribution in [1.29, 1.82) is 0 Å². The molecule has 1 saturated heterocycles. The van der Waals surface area contributed by atoms with E-state index in [1.54, 1.807) is 12.1 Å². The van der Waals surface area contributed by atoms with Crippen molar-refractivity contribution in [1.82, 2.24) is 10.6 Å². The molecule has 30 heavy (non-hydrogen) atoms. The third-order valence-corrected chi connectivity index (χ3v) is 5.06. The Labute approximate surface area is 194 Å². The van der Waals surface area contributed by atoms with Crippen LogP contribution in [-0.2, 0) is 4.74 Å². The Bertz CT molecular complexity index is 662. The average molecular weight is 538 g/mol. The zero-order valence-electron chi connectivity index (χ0n) is 17.5. The van der Waals surface area contributed by atoms with Crippen LogP contribution in [0, 0.1) is 5.92 Å². The topological polar surface area (TPSA) is 58.1 Å². The van der Waals surface area contributed by atoms with E-state index in [0.29, 0.717) is 18.8 Å². The van der Waals surface area contributed by atoms with Gasteiger partial charge in [-0.25, -0.2) is 0 Å². The van der Waals surface area contributed by atoms with Gasteiger partial charge in [0.1, 0.15) is 5.75 Å². The third-order valence-electron chi connectivity index (χ3n) is 5.06. The predicted molar refractivity (Wildman–Crippen MR) is 126 cm³/mol. The maximum atomic E-state index is 12.7. The molecule has 1 heterocycles. The minimum absolute atomic E-state index is 0. The fourth-order valence-electron chi connectivity index (χ4n) is 3.42. The monoisotopic (exact) mass is 538 g/mol. The standard InChI is InChI=1S/C21H32F2N4O2.HI/c1-2-24-21(25-11-5-13-28-15-16-8-9-16)26-17-10-12-27(14-17)18-6-3-4-7-19(18)29-20(22)23;/h3-4,6-7,16-17,20H,2,5,8-15H2,1H3,(H2,24,25,26);1H. The smallest absolute Gasteiger partial charge is 0.387 e. The van der Waals surface area contributed by atoms with E-state index in [1.807, 2.05) is 19.1 Å². The molecule has 1 aliphatic heterocycles. The van der Waals surface area contributed by atoms with Gasteiger partial charge in [-0.05, 0) is 50.7 Å². The van der Waals surface area contributed by atoms with E-state index in [4.69, 9.17) is 4.74 Å². The first-order chi connectivity index (χ1) is 14.2. The molecule has 9 heteroatoms. The molecule has 0 aromatic heterocycles. The number of guanidine groups is 1. The van der Waals surface area contributed by atoms with Crippen LogP contribution in [0.2, 0.25) is 0 Å². The normalized spacial score (nSPS) is 19.0. The molecule has 1 atom stereocenters. The summed E-state index contributed by atoms with van der Waals surface area (Å²) in [4.78, 5) is 6.71. The van der Waals surface area contributed by atoms with Gasteiger partial charge in [-0.3, -0.25) is 4.99 Å². The number of halogens is 3. The molecule has 0 amide bonds. The molecular formula is C21H33F2IN4O2. The third kappa shape index (κ3) is 8.41. The summed E-state index contributed by atoms with van der Waals surface area (Å²) >= 11 is 0. The molecule has 0 radical (unpaired) electrons. The van der Waals surface area contributed by atoms with Crippen LogP contribution in [-0.4, -0.2) is 58.0 Å². The lowest BCUT2D eigenvalue weighted by molar-refractivity contribution is -0.0495. The van der Waals surface area contributed by atoms with Crippen molar-refractivity contribution in [3.05, 3.63) is 24.3 Å². The van der Waals surface area contributed by atoms with Gasteiger partial charge in [0.25, 0.3) is 0 Å². The summed E-state index contributed by atoms with van der Waals surface area (Å²) in [5.41, 5.74) is 0.701. The highest BCUT2D eigenvalue weighted by Gasteiger charge is 2.26. The van der Waals surface area contributed by atoms with E-state index >= 15 is 0 Å². The number of benzene rings is 1. The fourth-order valence-corrected chi connectivity index (χ4v) is 3.42. The van der Waals surface area contributed by atoms with Crippen molar-refractivity contribution in [2.24, 2.45) is 10.9 Å². The number of ether oxygens (including phenoxy) is 2. The second kappa shape index (κ2) is 13.1. The van der Waals surface area contributed by atoms with Crippen molar-refractivity contribution in [3.63, 3.8) is 0 Å². The average Bonchev–Trinajstić information content (AvgIpc) is 3.41. The predicted octanol–water partition coefficient (Wildman–Crippen LogP) is 3.86. The highest BCUT2D eigenvalue weighted by Crippen LogP contribution is 2.31. The zero-order valence-corrected chi connectivity index (χ0v) is 19.8. The van der Waals surface area contributed by atoms with E-state index in [0.717, 1.165) is 51.0 Å². The van der Waals surface area contributed by atoms with Crippen LogP contribution in [0.1, 0.15) is 32.6 Å². The molecule has 0 spiro atoms. The van der Waals surface area contributed by atoms with Gasteiger partial charge in [0, 0.05) is 45.4 Å². The highest BCUT2D eigenvalue weighted by molar-refractivity contribution is 14.0. The zero-order chi connectivity index (χ0) is 20.5. The number of nitrogens with zero attached hydrogens (tertiary/aromatic N) is 2. The molecule has 1 saturated carbocycles. The van der Waals surface area contributed by atoms with E-state index in [1.165, 1.54) is 12.8 Å². The van der Waals surface area contributed by atoms with Crippen LogP contribution in [0.25, 0.3) is 0 Å². The van der Waals surface area contributed by atoms with E-state index in [9.17, 15) is 8.78 Å². The first-order valence-electron chi connectivity index (χ1n) is 10.6. The Morgan fingerprint density at radius 1 is 1.27 bits per heavy atom. The molecule has 3 rings (SSSR count). The van der Waals surface area contributed by atoms with Crippen molar-refractivity contribution in [2.45, 2.75) is 45.3 Å². The van der Waals surface area contributed by atoms with Gasteiger partial charge >= 0.3 is 6.61 Å². The van der Waals surface area contributed by atoms with Crippen molar-refractivity contribution >= 4 is 35.6 Å². The SMILES string of the molecule is CCNC(=NCCCOCC1CC1)NC1CCN(c2ccccc2OC(F)F)C1.I. The summed E-state index contributed by atoms with van der Waals surface area (Å²) in [6, 6.07) is 7.14. The van der Waals surface area contributed by atoms with Gasteiger partial charge in [-0.1, -0.05) is 12.1 Å².